The lowest BCUT2D eigenvalue weighted by atomic mass is 10.3. The average molecular weight is 262 g/mol. The van der Waals surface area contributed by atoms with Gasteiger partial charge in [-0.2, -0.15) is 9.64 Å². The summed E-state index contributed by atoms with van der Waals surface area (Å²) < 4.78 is 6.12. The van der Waals surface area contributed by atoms with Crippen molar-refractivity contribution >= 4 is 16.5 Å². The summed E-state index contributed by atoms with van der Waals surface area (Å²) in [5, 5.41) is 21.1. The van der Waals surface area contributed by atoms with Crippen molar-refractivity contribution in [1.29, 1.82) is 5.26 Å². The van der Waals surface area contributed by atoms with Gasteiger partial charge in [-0.25, -0.2) is 0 Å². The van der Waals surface area contributed by atoms with E-state index in [9.17, 15) is 0 Å². The standard InChI is InChI=1S/C11H14N6S/c1-7-9(6-12)11(18-16-7)13-5-4-10-15-14-8(2)17(10)3/h13H,4-5H2,1-3H3. The van der Waals surface area contributed by atoms with Gasteiger partial charge in [0.2, 0.25) is 0 Å². The van der Waals surface area contributed by atoms with Crippen LogP contribution in [0.5, 0.6) is 0 Å². The lowest BCUT2D eigenvalue weighted by Crippen LogP contribution is -2.09. The Hall–Kier alpha value is -1.94. The minimum atomic E-state index is 0.633. The molecule has 6 nitrogen and oxygen atoms in total. The van der Waals surface area contributed by atoms with Crippen LogP contribution < -0.4 is 5.32 Å². The molecule has 2 heterocycles. The van der Waals surface area contributed by atoms with Crippen LogP contribution in [-0.2, 0) is 13.5 Å². The normalized spacial score (nSPS) is 10.3. The van der Waals surface area contributed by atoms with Crippen molar-refractivity contribution in [2.45, 2.75) is 20.3 Å². The molecule has 0 aliphatic rings. The highest BCUT2D eigenvalue weighted by Gasteiger charge is 2.10. The number of hydrogen-bond acceptors (Lipinski definition) is 6. The Balaban J connectivity index is 1.97. The number of rotatable bonds is 4. The van der Waals surface area contributed by atoms with Crippen LogP contribution in [0.15, 0.2) is 0 Å². The molecular weight excluding hydrogens is 248 g/mol. The lowest BCUT2D eigenvalue weighted by Gasteiger charge is -2.04. The number of nitriles is 1. The van der Waals surface area contributed by atoms with E-state index in [1.54, 1.807) is 0 Å². The highest BCUT2D eigenvalue weighted by Crippen LogP contribution is 2.23. The first-order valence-electron chi connectivity index (χ1n) is 5.58. The molecule has 0 aliphatic carbocycles. The van der Waals surface area contributed by atoms with Gasteiger partial charge in [0.05, 0.1) is 5.69 Å². The summed E-state index contributed by atoms with van der Waals surface area (Å²) in [4.78, 5) is 0. The van der Waals surface area contributed by atoms with E-state index in [1.165, 1.54) is 11.5 Å². The van der Waals surface area contributed by atoms with Gasteiger partial charge >= 0.3 is 0 Å². The van der Waals surface area contributed by atoms with E-state index in [0.29, 0.717) is 12.1 Å². The smallest absolute Gasteiger partial charge is 0.134 e. The zero-order valence-corrected chi connectivity index (χ0v) is 11.4. The number of aryl methyl sites for hydroxylation is 2. The van der Waals surface area contributed by atoms with Crippen LogP contribution in [0.3, 0.4) is 0 Å². The monoisotopic (exact) mass is 262 g/mol. The average Bonchev–Trinajstić information content (AvgIpc) is 2.86. The molecule has 7 heteroatoms. The van der Waals surface area contributed by atoms with Crippen molar-refractivity contribution in [2.75, 3.05) is 11.9 Å². The Morgan fingerprint density at radius 3 is 2.78 bits per heavy atom. The summed E-state index contributed by atoms with van der Waals surface area (Å²) in [7, 11) is 1.95. The van der Waals surface area contributed by atoms with E-state index >= 15 is 0 Å². The fourth-order valence-electron chi connectivity index (χ4n) is 1.58. The fourth-order valence-corrected chi connectivity index (χ4v) is 2.35. The Bertz CT molecular complexity index is 591. The van der Waals surface area contributed by atoms with Gasteiger partial charge in [-0.05, 0) is 25.4 Å². The van der Waals surface area contributed by atoms with E-state index in [1.807, 2.05) is 25.5 Å². The minimum absolute atomic E-state index is 0.633. The predicted octanol–water partition coefficient (Wildman–Crippen LogP) is 1.41. The SMILES string of the molecule is Cc1nsc(NCCc2nnc(C)n2C)c1C#N. The van der Waals surface area contributed by atoms with Gasteiger partial charge < -0.3 is 9.88 Å². The molecule has 0 spiro atoms. The van der Waals surface area contributed by atoms with Gasteiger partial charge in [0.25, 0.3) is 0 Å². The number of anilines is 1. The second-order valence-corrected chi connectivity index (χ2v) is 4.76. The lowest BCUT2D eigenvalue weighted by molar-refractivity contribution is 0.771. The largest absolute Gasteiger partial charge is 0.374 e. The summed E-state index contributed by atoms with van der Waals surface area (Å²) in [6.07, 6.45) is 0.763. The van der Waals surface area contributed by atoms with Gasteiger partial charge in [-0.3, -0.25) is 0 Å². The molecule has 94 valence electrons. The topological polar surface area (TPSA) is 79.4 Å². The van der Waals surface area contributed by atoms with E-state index in [2.05, 4.69) is 26.0 Å². The molecular formula is C11H14N6S. The molecule has 0 unspecified atom stereocenters. The third-order valence-corrected chi connectivity index (χ3v) is 3.69. The third kappa shape index (κ3) is 2.33. The zero-order valence-electron chi connectivity index (χ0n) is 10.6. The molecule has 0 aliphatic heterocycles. The van der Waals surface area contributed by atoms with E-state index in [-0.39, 0.29) is 0 Å². The number of hydrogen-bond donors (Lipinski definition) is 1. The first-order valence-corrected chi connectivity index (χ1v) is 6.36. The van der Waals surface area contributed by atoms with Gasteiger partial charge in [-0.1, -0.05) is 0 Å². The van der Waals surface area contributed by atoms with Crippen LogP contribution in [0.2, 0.25) is 0 Å². The molecule has 0 fully saturated rings. The van der Waals surface area contributed by atoms with Crippen molar-refractivity contribution < 1.29 is 0 Å². The molecule has 0 aromatic carbocycles. The highest BCUT2D eigenvalue weighted by molar-refractivity contribution is 7.10. The molecule has 0 radical (unpaired) electrons. The molecule has 0 atom stereocenters. The molecule has 2 aromatic rings. The second kappa shape index (κ2) is 5.14. The van der Waals surface area contributed by atoms with Crippen molar-refractivity contribution in [2.24, 2.45) is 7.05 Å². The Morgan fingerprint density at radius 1 is 1.39 bits per heavy atom. The third-order valence-electron chi connectivity index (χ3n) is 2.79. The quantitative estimate of drug-likeness (QED) is 0.901. The minimum Gasteiger partial charge on any atom is -0.374 e. The van der Waals surface area contributed by atoms with Gasteiger partial charge in [0.15, 0.2) is 0 Å². The predicted molar refractivity (Wildman–Crippen MR) is 69.5 cm³/mol. The highest BCUT2D eigenvalue weighted by atomic mass is 32.1. The first-order chi connectivity index (χ1) is 8.63. The summed E-state index contributed by atoms with van der Waals surface area (Å²) in [6, 6.07) is 2.16. The van der Waals surface area contributed by atoms with Gasteiger partial charge in [0, 0.05) is 20.0 Å². The first kappa shape index (κ1) is 12.5. The fraction of sp³-hybridized carbons (Fsp3) is 0.455. The van der Waals surface area contributed by atoms with Crippen molar-refractivity contribution in [1.82, 2.24) is 19.1 Å². The maximum Gasteiger partial charge on any atom is 0.134 e. The number of aromatic nitrogens is 4. The van der Waals surface area contributed by atoms with Crippen molar-refractivity contribution in [3.63, 3.8) is 0 Å². The molecule has 2 aromatic heterocycles. The van der Waals surface area contributed by atoms with Crippen LogP contribution in [0.25, 0.3) is 0 Å². The molecule has 0 saturated heterocycles. The zero-order chi connectivity index (χ0) is 13.1. The van der Waals surface area contributed by atoms with Crippen molar-refractivity contribution in [3.05, 3.63) is 22.9 Å². The molecule has 2 rings (SSSR count). The summed E-state index contributed by atoms with van der Waals surface area (Å²) in [6.45, 7) is 4.47. The van der Waals surface area contributed by atoms with Crippen molar-refractivity contribution in [3.8, 4) is 6.07 Å². The molecule has 0 bridgehead atoms. The van der Waals surface area contributed by atoms with Crippen LogP contribution >= 0.6 is 11.5 Å². The Morgan fingerprint density at radius 2 is 2.17 bits per heavy atom. The van der Waals surface area contributed by atoms with E-state index < -0.39 is 0 Å². The maximum atomic E-state index is 9.00. The van der Waals surface area contributed by atoms with Gasteiger partial charge in [0.1, 0.15) is 28.3 Å². The molecule has 1 N–H and O–H groups in total. The Labute approximate surface area is 109 Å². The van der Waals surface area contributed by atoms with E-state index in [4.69, 9.17) is 5.26 Å². The molecule has 0 amide bonds. The van der Waals surface area contributed by atoms with Crippen LogP contribution in [-0.4, -0.2) is 25.7 Å². The summed E-state index contributed by atoms with van der Waals surface area (Å²) in [5.74, 6) is 1.83. The van der Waals surface area contributed by atoms with Gasteiger partial charge in [-0.15, -0.1) is 10.2 Å². The van der Waals surface area contributed by atoms with Crippen LogP contribution in [0.1, 0.15) is 22.9 Å². The summed E-state index contributed by atoms with van der Waals surface area (Å²) in [5.41, 5.74) is 1.41. The van der Waals surface area contributed by atoms with E-state index in [0.717, 1.165) is 28.8 Å². The number of nitrogens with zero attached hydrogens (tertiary/aromatic N) is 5. The second-order valence-electron chi connectivity index (χ2n) is 3.98. The molecule has 0 saturated carbocycles. The van der Waals surface area contributed by atoms with Crippen LogP contribution in [0.4, 0.5) is 5.00 Å². The van der Waals surface area contributed by atoms with Crippen LogP contribution in [0, 0.1) is 25.2 Å². The Kier molecular flexibility index (Phi) is 3.58. The maximum absolute atomic E-state index is 9.00. The summed E-state index contributed by atoms with van der Waals surface area (Å²) >= 11 is 1.32. The number of nitrogens with one attached hydrogen (secondary N) is 1. The molecule has 18 heavy (non-hydrogen) atoms.